The molecule has 1 aliphatic heterocycles. The van der Waals surface area contributed by atoms with E-state index in [1.807, 2.05) is 6.07 Å². The van der Waals surface area contributed by atoms with Crippen molar-refractivity contribution in [1.29, 1.82) is 0 Å². The number of hydrogen-bond acceptors (Lipinski definition) is 3. The van der Waals surface area contributed by atoms with E-state index in [1.54, 1.807) is 42.6 Å². The predicted molar refractivity (Wildman–Crippen MR) is 111 cm³/mol. The third-order valence-corrected chi connectivity index (χ3v) is 4.84. The maximum atomic E-state index is 13.2. The molecule has 2 heterocycles. The molecule has 0 saturated heterocycles. The van der Waals surface area contributed by atoms with Crippen LogP contribution >= 0.6 is 0 Å². The molecule has 0 bridgehead atoms. The number of aromatic nitrogens is 1. The van der Waals surface area contributed by atoms with Gasteiger partial charge in [0, 0.05) is 18.0 Å². The topological polar surface area (TPSA) is 50.3 Å². The van der Waals surface area contributed by atoms with Crippen molar-refractivity contribution in [2.45, 2.75) is 12.7 Å². The first-order chi connectivity index (χ1) is 15.3. The molecule has 1 aliphatic rings. The number of nitrogens with zero attached hydrogens (tertiary/aromatic N) is 2. The zero-order valence-electron chi connectivity index (χ0n) is 16.6. The van der Waals surface area contributed by atoms with Crippen LogP contribution in [0.3, 0.4) is 0 Å². The summed E-state index contributed by atoms with van der Waals surface area (Å²) in [5, 5.41) is 0. The Balaban J connectivity index is 1.77. The number of rotatable bonds is 3. The lowest BCUT2D eigenvalue weighted by atomic mass is 10.00. The second-order valence-corrected chi connectivity index (χ2v) is 7.00. The molecule has 2 amide bonds. The Hall–Kier alpha value is -4.18. The Morgan fingerprint density at radius 2 is 1.56 bits per heavy atom. The van der Waals surface area contributed by atoms with Gasteiger partial charge >= 0.3 is 6.18 Å². The predicted octanol–water partition coefficient (Wildman–Crippen LogP) is 4.47. The minimum absolute atomic E-state index is 0.0176. The van der Waals surface area contributed by atoms with E-state index in [2.05, 4.69) is 16.8 Å². The first-order valence-electron chi connectivity index (χ1n) is 9.58. The maximum absolute atomic E-state index is 13.2. The molecule has 3 aromatic rings. The average molecular weight is 432 g/mol. The molecule has 7 heteroatoms. The number of alkyl halides is 3. The van der Waals surface area contributed by atoms with Crippen LogP contribution in [0.5, 0.6) is 0 Å². The average Bonchev–Trinajstić information content (AvgIpc) is 3.03. The quantitative estimate of drug-likeness (QED) is 0.453. The van der Waals surface area contributed by atoms with Gasteiger partial charge in [-0.05, 0) is 41.5 Å². The van der Waals surface area contributed by atoms with E-state index in [-0.39, 0.29) is 23.3 Å². The van der Waals surface area contributed by atoms with Gasteiger partial charge in [-0.25, -0.2) is 0 Å². The van der Waals surface area contributed by atoms with E-state index < -0.39 is 23.6 Å². The van der Waals surface area contributed by atoms with Gasteiger partial charge in [0.25, 0.3) is 11.8 Å². The summed E-state index contributed by atoms with van der Waals surface area (Å²) >= 11 is 0. The van der Waals surface area contributed by atoms with Gasteiger partial charge in [0.2, 0.25) is 0 Å². The molecule has 0 fully saturated rings. The number of pyridine rings is 1. The fourth-order valence-electron chi connectivity index (χ4n) is 3.26. The Morgan fingerprint density at radius 1 is 0.844 bits per heavy atom. The zero-order chi connectivity index (χ0) is 22.7. The van der Waals surface area contributed by atoms with Crippen LogP contribution in [-0.4, -0.2) is 21.7 Å². The lowest BCUT2D eigenvalue weighted by Gasteiger charge is -2.14. The normalized spacial score (nSPS) is 13.9. The molecule has 32 heavy (non-hydrogen) atoms. The number of imide groups is 1. The summed E-state index contributed by atoms with van der Waals surface area (Å²) in [5.74, 6) is 4.41. The zero-order valence-corrected chi connectivity index (χ0v) is 16.6. The smallest absolute Gasteiger partial charge is 0.269 e. The van der Waals surface area contributed by atoms with Crippen LogP contribution in [0.1, 0.15) is 22.3 Å². The largest absolute Gasteiger partial charge is 0.416 e. The van der Waals surface area contributed by atoms with Crippen LogP contribution in [-0.2, 0) is 22.3 Å². The summed E-state index contributed by atoms with van der Waals surface area (Å²) in [4.78, 5) is 31.3. The highest BCUT2D eigenvalue weighted by Gasteiger charge is 2.39. The van der Waals surface area contributed by atoms with Crippen LogP contribution in [0.4, 0.5) is 13.2 Å². The Morgan fingerprint density at radius 3 is 2.19 bits per heavy atom. The molecule has 0 atom stereocenters. The van der Waals surface area contributed by atoms with Gasteiger partial charge in [-0.3, -0.25) is 19.5 Å². The van der Waals surface area contributed by atoms with Gasteiger partial charge in [0.1, 0.15) is 5.57 Å². The molecule has 4 nitrogen and oxygen atoms in total. The van der Waals surface area contributed by atoms with Crippen LogP contribution in [0.15, 0.2) is 84.7 Å². The molecule has 0 aliphatic carbocycles. The minimum Gasteiger partial charge on any atom is -0.269 e. The van der Waals surface area contributed by atoms with E-state index in [4.69, 9.17) is 0 Å². The van der Waals surface area contributed by atoms with Crippen LogP contribution < -0.4 is 0 Å². The van der Waals surface area contributed by atoms with Crippen molar-refractivity contribution in [3.8, 4) is 11.8 Å². The molecule has 0 spiro atoms. The fourth-order valence-corrected chi connectivity index (χ4v) is 3.26. The number of amides is 2. The molecular formula is C25H15F3N2O2. The Bertz CT molecular complexity index is 1250. The third kappa shape index (κ3) is 4.30. The van der Waals surface area contributed by atoms with Crippen molar-refractivity contribution in [2.75, 3.05) is 0 Å². The first-order valence-corrected chi connectivity index (χ1v) is 9.58. The second kappa shape index (κ2) is 8.52. The monoisotopic (exact) mass is 432 g/mol. The Kier molecular flexibility index (Phi) is 5.61. The van der Waals surface area contributed by atoms with Crippen LogP contribution in [0.2, 0.25) is 0 Å². The summed E-state index contributed by atoms with van der Waals surface area (Å²) in [6.07, 6.45) is -1.41. The minimum atomic E-state index is -4.51. The van der Waals surface area contributed by atoms with E-state index >= 15 is 0 Å². The van der Waals surface area contributed by atoms with Gasteiger partial charge in [0.15, 0.2) is 0 Å². The summed E-state index contributed by atoms with van der Waals surface area (Å²) in [6.45, 7) is -0.0217. The molecule has 0 N–H and O–H groups in total. The molecule has 0 unspecified atom stereocenters. The number of halogens is 3. The van der Waals surface area contributed by atoms with Crippen molar-refractivity contribution in [3.63, 3.8) is 0 Å². The second-order valence-electron chi connectivity index (χ2n) is 7.00. The number of carbonyl (C=O) groups is 2. The highest BCUT2D eigenvalue weighted by Crippen LogP contribution is 2.33. The van der Waals surface area contributed by atoms with E-state index in [0.717, 1.165) is 17.0 Å². The van der Waals surface area contributed by atoms with E-state index in [0.29, 0.717) is 11.1 Å². The van der Waals surface area contributed by atoms with Gasteiger partial charge < -0.3 is 0 Å². The van der Waals surface area contributed by atoms with Crippen molar-refractivity contribution in [3.05, 3.63) is 107 Å². The lowest BCUT2D eigenvalue weighted by molar-refractivity contribution is -0.138. The number of hydrogen-bond donors (Lipinski definition) is 0. The summed E-state index contributed by atoms with van der Waals surface area (Å²) in [7, 11) is 0. The van der Waals surface area contributed by atoms with Crippen molar-refractivity contribution >= 4 is 17.4 Å². The highest BCUT2D eigenvalue weighted by molar-refractivity contribution is 6.37. The van der Waals surface area contributed by atoms with Gasteiger partial charge in [-0.2, -0.15) is 13.2 Å². The first kappa shape index (κ1) is 21.1. The molecule has 1 aromatic heterocycles. The SMILES string of the molecule is O=C1C(C#Cc2ccccc2)=C(c2ccc(C(F)(F)F)cc2)C(=O)N1Cc1cccnc1. The molecule has 0 radical (unpaired) electrons. The van der Waals surface area contributed by atoms with Crippen LogP contribution in [0, 0.1) is 11.8 Å². The van der Waals surface area contributed by atoms with E-state index in [9.17, 15) is 22.8 Å². The molecular weight excluding hydrogens is 417 g/mol. The van der Waals surface area contributed by atoms with Crippen molar-refractivity contribution in [1.82, 2.24) is 9.88 Å². The highest BCUT2D eigenvalue weighted by atomic mass is 19.4. The molecule has 0 saturated carbocycles. The summed E-state index contributed by atoms with van der Waals surface area (Å²) in [6, 6.07) is 16.4. The summed E-state index contributed by atoms with van der Waals surface area (Å²) in [5.41, 5.74) is 0.555. The lowest BCUT2D eigenvalue weighted by Crippen LogP contribution is -2.31. The molecule has 158 valence electrons. The molecule has 2 aromatic carbocycles. The number of carbonyl (C=O) groups excluding carboxylic acids is 2. The van der Waals surface area contributed by atoms with E-state index in [1.165, 1.54) is 18.3 Å². The van der Waals surface area contributed by atoms with Gasteiger partial charge in [0.05, 0.1) is 17.7 Å². The maximum Gasteiger partial charge on any atom is 0.416 e. The van der Waals surface area contributed by atoms with Gasteiger partial charge in [-0.1, -0.05) is 48.2 Å². The Labute approximate surface area is 182 Å². The fraction of sp³-hybridized carbons (Fsp3) is 0.0800. The van der Waals surface area contributed by atoms with Crippen molar-refractivity contribution < 1.29 is 22.8 Å². The summed E-state index contributed by atoms with van der Waals surface area (Å²) < 4.78 is 38.9. The van der Waals surface area contributed by atoms with Crippen molar-refractivity contribution in [2.24, 2.45) is 0 Å². The van der Waals surface area contributed by atoms with Gasteiger partial charge in [-0.15, -0.1) is 0 Å². The third-order valence-electron chi connectivity index (χ3n) is 4.84. The molecule has 4 rings (SSSR count). The number of benzene rings is 2. The van der Waals surface area contributed by atoms with Crippen LogP contribution in [0.25, 0.3) is 5.57 Å². The standard InChI is InChI=1S/C25H15F3N2O2/c26-25(27,28)20-11-9-19(10-12-20)22-21(13-8-17-5-2-1-3-6-17)23(31)30(24(22)32)16-18-7-4-14-29-15-18/h1-7,9-12,14-15H,16H2.